The molecule has 1 atom stereocenters. The first-order valence-electron chi connectivity index (χ1n) is 15.7. The van der Waals surface area contributed by atoms with Crippen LogP contribution in [0.2, 0.25) is 0 Å². The van der Waals surface area contributed by atoms with Crippen LogP contribution in [0.3, 0.4) is 0 Å². The van der Waals surface area contributed by atoms with Gasteiger partial charge in [-0.25, -0.2) is 5.01 Å². The highest BCUT2D eigenvalue weighted by molar-refractivity contribution is 7.99. The minimum absolute atomic E-state index is 0.00810. The summed E-state index contributed by atoms with van der Waals surface area (Å²) in [6.07, 6.45) is 0.453. The minimum Gasteiger partial charge on any atom is -0.497 e. The predicted molar refractivity (Wildman–Crippen MR) is 190 cm³/mol. The number of nitrogens with one attached hydrogen (secondary N) is 1. The lowest BCUT2D eigenvalue weighted by molar-refractivity contribution is -0.130. The predicted octanol–water partition coefficient (Wildman–Crippen LogP) is 5.70. The second-order valence-electron chi connectivity index (χ2n) is 11.1. The lowest BCUT2D eigenvalue weighted by Crippen LogP contribution is -2.29. The summed E-state index contributed by atoms with van der Waals surface area (Å²) in [5.74, 6) is 2.36. The molecule has 1 N–H and O–H groups in total. The van der Waals surface area contributed by atoms with Gasteiger partial charge in [-0.05, 0) is 60.2 Å². The molecular formula is C37H36N6O6S. The molecule has 2 amide bonds. The number of hydrogen-bond donors (Lipinski definition) is 1. The first-order chi connectivity index (χ1) is 24.4. The van der Waals surface area contributed by atoms with Crippen molar-refractivity contribution in [1.29, 1.82) is 0 Å². The fourth-order valence-corrected chi connectivity index (χ4v) is 6.54. The summed E-state index contributed by atoms with van der Waals surface area (Å²) in [4.78, 5) is 27.0. The molecule has 2 heterocycles. The van der Waals surface area contributed by atoms with E-state index >= 15 is 0 Å². The fraction of sp³-hybridized carbons (Fsp3) is 0.216. The van der Waals surface area contributed by atoms with E-state index in [1.165, 1.54) is 16.8 Å². The molecule has 4 aromatic carbocycles. The topological polar surface area (TPSA) is 129 Å². The van der Waals surface area contributed by atoms with Gasteiger partial charge in [0.15, 0.2) is 22.5 Å². The molecule has 0 saturated carbocycles. The highest BCUT2D eigenvalue weighted by Crippen LogP contribution is 2.42. The molecule has 0 aliphatic carbocycles. The van der Waals surface area contributed by atoms with Crippen LogP contribution in [0, 0.1) is 0 Å². The van der Waals surface area contributed by atoms with Crippen LogP contribution in [0.4, 0.5) is 0 Å². The molecule has 5 aromatic rings. The molecule has 1 aliphatic rings. The van der Waals surface area contributed by atoms with Gasteiger partial charge < -0.3 is 24.3 Å². The van der Waals surface area contributed by atoms with Gasteiger partial charge >= 0.3 is 0 Å². The number of carbonyl (C=O) groups excluding carboxylic acids is 2. The molecule has 0 bridgehead atoms. The summed E-state index contributed by atoms with van der Waals surface area (Å²) in [5, 5.41) is 18.6. The maximum atomic E-state index is 14.2. The van der Waals surface area contributed by atoms with Crippen LogP contribution in [0.25, 0.3) is 5.69 Å². The number of hydrogen-bond acceptors (Lipinski definition) is 10. The molecule has 50 heavy (non-hydrogen) atoms. The SMILES string of the molecule is COc1ccc(C2=NN(C(=O)CSc3nnc(CNC(=O)c4ccccc4)n3-c3ccccc3OC)[C@@H](c3cccc(OC)c3OC)C2)cc1. The Hall–Kier alpha value is -5.82. The van der Waals surface area contributed by atoms with E-state index < -0.39 is 6.04 Å². The minimum atomic E-state index is -0.457. The fourth-order valence-electron chi connectivity index (χ4n) is 5.72. The third-order valence-corrected chi connectivity index (χ3v) is 9.09. The van der Waals surface area contributed by atoms with E-state index in [-0.39, 0.29) is 24.1 Å². The number of thioether (sulfide) groups is 1. The monoisotopic (exact) mass is 692 g/mol. The van der Waals surface area contributed by atoms with Gasteiger partial charge in [-0.1, -0.05) is 54.2 Å². The van der Waals surface area contributed by atoms with Crippen LogP contribution in [0.15, 0.2) is 107 Å². The van der Waals surface area contributed by atoms with E-state index in [2.05, 4.69) is 15.5 Å². The molecule has 256 valence electrons. The average molecular weight is 693 g/mol. The zero-order valence-corrected chi connectivity index (χ0v) is 28.8. The number of ether oxygens (including phenoxy) is 4. The van der Waals surface area contributed by atoms with E-state index in [0.717, 1.165) is 22.6 Å². The Labute approximate surface area is 294 Å². The Balaban J connectivity index is 1.30. The van der Waals surface area contributed by atoms with Gasteiger partial charge in [-0.2, -0.15) is 5.10 Å². The lowest BCUT2D eigenvalue weighted by atomic mass is 9.97. The van der Waals surface area contributed by atoms with Crippen LogP contribution < -0.4 is 24.3 Å². The largest absolute Gasteiger partial charge is 0.497 e. The van der Waals surface area contributed by atoms with E-state index in [4.69, 9.17) is 24.0 Å². The van der Waals surface area contributed by atoms with Crippen molar-refractivity contribution in [2.24, 2.45) is 5.10 Å². The third kappa shape index (κ3) is 7.13. The third-order valence-electron chi connectivity index (χ3n) is 8.18. The molecule has 0 radical (unpaired) electrons. The van der Waals surface area contributed by atoms with E-state index in [1.54, 1.807) is 57.3 Å². The molecule has 0 fully saturated rings. The molecule has 0 saturated heterocycles. The second-order valence-corrected chi connectivity index (χ2v) is 12.0. The van der Waals surface area contributed by atoms with Gasteiger partial charge in [0.1, 0.15) is 11.5 Å². The standard InChI is InChI=1S/C37H36N6O6S/c1-46-26-19-17-24(18-20-26)28-21-30(27-13-10-16-32(48-3)35(27)49-4)43(41-28)34(44)23-50-37-40-39-33(22-38-36(45)25-11-6-5-7-12-25)42(37)29-14-8-9-15-31(29)47-2/h5-20,30H,21-23H2,1-4H3,(H,38,45)/t30-/m1/s1. The van der Waals surface area contributed by atoms with Gasteiger partial charge in [-0.3, -0.25) is 14.2 Å². The highest BCUT2D eigenvalue weighted by Gasteiger charge is 2.36. The Bertz CT molecular complexity index is 2000. The average Bonchev–Trinajstić information content (AvgIpc) is 3.80. The first kappa shape index (κ1) is 34.1. The maximum Gasteiger partial charge on any atom is 0.253 e. The number of amides is 2. The van der Waals surface area contributed by atoms with Crippen molar-refractivity contribution in [2.75, 3.05) is 34.2 Å². The molecule has 6 rings (SSSR count). The Morgan fingerprint density at radius 2 is 1.52 bits per heavy atom. The van der Waals surface area contributed by atoms with Crippen LogP contribution in [0.5, 0.6) is 23.0 Å². The van der Waals surface area contributed by atoms with Crippen molar-refractivity contribution < 1.29 is 28.5 Å². The number of benzene rings is 4. The van der Waals surface area contributed by atoms with E-state index in [9.17, 15) is 9.59 Å². The Morgan fingerprint density at radius 3 is 2.24 bits per heavy atom. The van der Waals surface area contributed by atoms with Crippen LogP contribution in [0.1, 0.15) is 39.8 Å². The zero-order valence-electron chi connectivity index (χ0n) is 28.0. The van der Waals surface area contributed by atoms with Crippen LogP contribution in [-0.2, 0) is 11.3 Å². The van der Waals surface area contributed by atoms with Crippen LogP contribution in [-0.4, -0.2) is 71.5 Å². The van der Waals surface area contributed by atoms with Crippen molar-refractivity contribution in [2.45, 2.75) is 24.2 Å². The number of methoxy groups -OCH3 is 4. The Kier molecular flexibility index (Phi) is 10.6. The van der Waals surface area contributed by atoms with E-state index in [0.29, 0.717) is 45.9 Å². The summed E-state index contributed by atoms with van der Waals surface area (Å²) < 4.78 is 24.1. The highest BCUT2D eigenvalue weighted by atomic mass is 32.2. The molecule has 0 unspecified atom stereocenters. The molecule has 1 aromatic heterocycles. The first-order valence-corrected chi connectivity index (χ1v) is 16.7. The molecular weight excluding hydrogens is 657 g/mol. The van der Waals surface area contributed by atoms with E-state index in [1.807, 2.05) is 72.8 Å². The quantitative estimate of drug-likeness (QED) is 0.155. The number of para-hydroxylation sites is 3. The molecule has 0 spiro atoms. The van der Waals surface area contributed by atoms with Crippen molar-refractivity contribution in [1.82, 2.24) is 25.1 Å². The van der Waals surface area contributed by atoms with Crippen molar-refractivity contribution in [3.05, 3.63) is 120 Å². The Morgan fingerprint density at radius 1 is 0.800 bits per heavy atom. The maximum absolute atomic E-state index is 14.2. The van der Waals surface area contributed by atoms with Crippen molar-refractivity contribution in [3.8, 4) is 28.7 Å². The van der Waals surface area contributed by atoms with Crippen LogP contribution >= 0.6 is 11.8 Å². The summed E-state index contributed by atoms with van der Waals surface area (Å²) in [7, 11) is 6.35. The second kappa shape index (κ2) is 15.6. The molecule has 13 heteroatoms. The zero-order chi connectivity index (χ0) is 35.0. The van der Waals surface area contributed by atoms with Gasteiger partial charge in [0, 0.05) is 17.5 Å². The molecule has 12 nitrogen and oxygen atoms in total. The number of hydrazone groups is 1. The summed E-state index contributed by atoms with van der Waals surface area (Å²) in [6, 6.07) is 29.1. The number of nitrogens with zero attached hydrogens (tertiary/aromatic N) is 5. The van der Waals surface area contributed by atoms with Crippen molar-refractivity contribution >= 4 is 29.3 Å². The number of aromatic nitrogens is 3. The number of rotatable bonds is 13. The lowest BCUT2D eigenvalue weighted by Gasteiger charge is -2.24. The summed E-state index contributed by atoms with van der Waals surface area (Å²) in [6.45, 7) is 0.0899. The summed E-state index contributed by atoms with van der Waals surface area (Å²) >= 11 is 1.21. The normalized spacial score (nSPS) is 13.8. The van der Waals surface area contributed by atoms with Gasteiger partial charge in [0.25, 0.3) is 11.8 Å². The molecule has 1 aliphatic heterocycles. The number of carbonyl (C=O) groups is 2. The van der Waals surface area contributed by atoms with Gasteiger partial charge in [0.2, 0.25) is 0 Å². The summed E-state index contributed by atoms with van der Waals surface area (Å²) in [5.41, 5.74) is 3.58. The van der Waals surface area contributed by atoms with Gasteiger partial charge in [-0.15, -0.1) is 10.2 Å². The smallest absolute Gasteiger partial charge is 0.253 e. The van der Waals surface area contributed by atoms with Gasteiger partial charge in [0.05, 0.1) is 58.2 Å². The van der Waals surface area contributed by atoms with Crippen molar-refractivity contribution in [3.63, 3.8) is 0 Å².